The van der Waals surface area contributed by atoms with E-state index in [0.29, 0.717) is 6.04 Å². The third-order valence-electron chi connectivity index (χ3n) is 5.45. The van der Waals surface area contributed by atoms with Crippen LogP contribution in [0.15, 0.2) is 60.8 Å². The van der Waals surface area contributed by atoms with Gasteiger partial charge in [-0.3, -0.25) is 9.58 Å². The molecule has 0 bridgehead atoms. The Bertz CT molecular complexity index is 904. The van der Waals surface area contributed by atoms with Gasteiger partial charge in [0.05, 0.1) is 5.69 Å². The van der Waals surface area contributed by atoms with Crippen molar-refractivity contribution in [1.29, 1.82) is 0 Å². The van der Waals surface area contributed by atoms with E-state index in [1.54, 1.807) is 0 Å². The average Bonchev–Trinajstić information content (AvgIpc) is 3.06. The number of benzene rings is 2. The lowest BCUT2D eigenvalue weighted by atomic mass is 10.1. The van der Waals surface area contributed by atoms with Crippen molar-refractivity contribution in [2.75, 3.05) is 26.7 Å². The molecule has 0 unspecified atom stereocenters. The van der Waals surface area contributed by atoms with Gasteiger partial charge in [0.1, 0.15) is 11.5 Å². The number of aryl methyl sites for hydroxylation is 1. The Kier molecular flexibility index (Phi) is 5.46. The molecule has 1 aliphatic heterocycles. The van der Waals surface area contributed by atoms with Crippen molar-refractivity contribution in [1.82, 2.24) is 19.6 Å². The Balaban J connectivity index is 1.50. The fraction of sp³-hybridized carbons (Fsp3) is 0.348. The number of likely N-dealkylation sites (N-methyl/N-ethyl adjacent to an activating group) is 1. The number of piperazine rings is 1. The Morgan fingerprint density at radius 2 is 1.68 bits per heavy atom. The van der Waals surface area contributed by atoms with Crippen LogP contribution in [0.25, 0.3) is 11.3 Å². The van der Waals surface area contributed by atoms with Crippen LogP contribution >= 0.6 is 0 Å². The standard InChI is InChI=1S/C23H28N4O/c1-18-15-27(14-13-25(18)2)17-20-16-26(3)24-23(20)19-9-11-22(12-10-19)28-21-7-5-4-6-8-21/h4-12,16,18H,13-15,17H2,1-3H3/t18-/m0/s1. The van der Waals surface area contributed by atoms with Crippen LogP contribution in [0, 0.1) is 0 Å². The quantitative estimate of drug-likeness (QED) is 0.674. The summed E-state index contributed by atoms with van der Waals surface area (Å²) in [5.74, 6) is 1.68. The Morgan fingerprint density at radius 1 is 0.964 bits per heavy atom. The highest BCUT2D eigenvalue weighted by Crippen LogP contribution is 2.28. The van der Waals surface area contributed by atoms with Gasteiger partial charge in [0.25, 0.3) is 0 Å². The Hall–Kier alpha value is -2.63. The Morgan fingerprint density at radius 3 is 2.39 bits per heavy atom. The zero-order chi connectivity index (χ0) is 19.5. The minimum absolute atomic E-state index is 0.586. The maximum atomic E-state index is 5.91. The molecule has 2 heterocycles. The average molecular weight is 377 g/mol. The third-order valence-corrected chi connectivity index (χ3v) is 5.45. The molecule has 5 nitrogen and oxygen atoms in total. The van der Waals surface area contributed by atoms with Crippen molar-refractivity contribution in [3.63, 3.8) is 0 Å². The van der Waals surface area contributed by atoms with E-state index in [4.69, 9.17) is 9.84 Å². The van der Waals surface area contributed by atoms with Crippen LogP contribution in [0.2, 0.25) is 0 Å². The lowest BCUT2D eigenvalue weighted by Gasteiger charge is -2.37. The number of hydrogen-bond acceptors (Lipinski definition) is 4. The first kappa shape index (κ1) is 18.7. The predicted octanol–water partition coefficient (Wildman–Crippen LogP) is 4.02. The van der Waals surface area contributed by atoms with Gasteiger partial charge < -0.3 is 9.64 Å². The molecule has 146 valence electrons. The first-order valence-electron chi connectivity index (χ1n) is 9.87. The van der Waals surface area contributed by atoms with Crippen LogP contribution < -0.4 is 4.74 Å². The van der Waals surface area contributed by atoms with Gasteiger partial charge in [-0.05, 0) is 50.4 Å². The molecule has 1 aromatic heterocycles. The molecule has 0 radical (unpaired) electrons. The van der Waals surface area contributed by atoms with Gasteiger partial charge in [0.2, 0.25) is 0 Å². The summed E-state index contributed by atoms with van der Waals surface area (Å²) in [7, 11) is 4.20. The normalized spacial score (nSPS) is 18.3. The van der Waals surface area contributed by atoms with Gasteiger partial charge >= 0.3 is 0 Å². The van der Waals surface area contributed by atoms with Crippen LogP contribution in [0.4, 0.5) is 0 Å². The van der Waals surface area contributed by atoms with E-state index in [-0.39, 0.29) is 0 Å². The van der Waals surface area contributed by atoms with Crippen molar-refractivity contribution in [2.24, 2.45) is 7.05 Å². The van der Waals surface area contributed by atoms with E-state index >= 15 is 0 Å². The van der Waals surface area contributed by atoms with Crippen molar-refractivity contribution in [3.05, 3.63) is 66.4 Å². The molecule has 5 heteroatoms. The van der Waals surface area contributed by atoms with Gasteiger partial charge in [-0.1, -0.05) is 18.2 Å². The van der Waals surface area contributed by atoms with Crippen molar-refractivity contribution < 1.29 is 4.74 Å². The minimum Gasteiger partial charge on any atom is -0.457 e. The highest BCUT2D eigenvalue weighted by Gasteiger charge is 2.22. The zero-order valence-electron chi connectivity index (χ0n) is 16.9. The van der Waals surface area contributed by atoms with Crippen LogP contribution in [0.3, 0.4) is 0 Å². The van der Waals surface area contributed by atoms with Gasteiger partial charge in [-0.2, -0.15) is 5.10 Å². The Labute approximate surface area is 167 Å². The molecule has 4 rings (SSSR count). The highest BCUT2D eigenvalue weighted by molar-refractivity contribution is 5.63. The number of nitrogens with zero attached hydrogens (tertiary/aromatic N) is 4. The second-order valence-corrected chi connectivity index (χ2v) is 7.68. The SMILES string of the molecule is C[C@H]1CN(Cc2cn(C)nc2-c2ccc(Oc3ccccc3)cc2)CCN1C. The molecule has 1 aliphatic rings. The van der Waals surface area contributed by atoms with Gasteiger partial charge in [0.15, 0.2) is 0 Å². The molecular formula is C23H28N4O. The van der Waals surface area contributed by atoms with Crippen LogP contribution in [0.5, 0.6) is 11.5 Å². The first-order chi connectivity index (χ1) is 13.6. The molecule has 0 spiro atoms. The molecule has 28 heavy (non-hydrogen) atoms. The molecule has 0 saturated carbocycles. The zero-order valence-corrected chi connectivity index (χ0v) is 16.9. The lowest BCUT2D eigenvalue weighted by molar-refractivity contribution is 0.100. The van der Waals surface area contributed by atoms with E-state index in [2.05, 4.69) is 42.1 Å². The second-order valence-electron chi connectivity index (χ2n) is 7.68. The van der Waals surface area contributed by atoms with Crippen LogP contribution in [-0.4, -0.2) is 52.3 Å². The predicted molar refractivity (Wildman–Crippen MR) is 113 cm³/mol. The van der Waals surface area contributed by atoms with Crippen LogP contribution in [-0.2, 0) is 13.6 Å². The molecular weight excluding hydrogens is 348 g/mol. The fourth-order valence-electron chi connectivity index (χ4n) is 3.71. The number of rotatable bonds is 5. The molecule has 1 saturated heterocycles. The summed E-state index contributed by atoms with van der Waals surface area (Å²) in [6.45, 7) is 6.53. The summed E-state index contributed by atoms with van der Waals surface area (Å²) < 4.78 is 7.82. The fourth-order valence-corrected chi connectivity index (χ4v) is 3.71. The summed E-state index contributed by atoms with van der Waals surface area (Å²) in [6, 6.07) is 18.7. The molecule has 3 aromatic rings. The molecule has 0 N–H and O–H groups in total. The highest BCUT2D eigenvalue weighted by atomic mass is 16.5. The van der Waals surface area contributed by atoms with Gasteiger partial charge in [-0.25, -0.2) is 0 Å². The molecule has 2 aromatic carbocycles. The number of hydrogen-bond donors (Lipinski definition) is 0. The topological polar surface area (TPSA) is 33.5 Å². The number of para-hydroxylation sites is 1. The third kappa shape index (κ3) is 4.26. The summed E-state index contributed by atoms with van der Waals surface area (Å²) in [4.78, 5) is 4.95. The maximum Gasteiger partial charge on any atom is 0.127 e. The first-order valence-corrected chi connectivity index (χ1v) is 9.87. The number of ether oxygens (including phenoxy) is 1. The molecule has 0 aliphatic carbocycles. The summed E-state index contributed by atoms with van der Waals surface area (Å²) in [5.41, 5.74) is 3.45. The monoisotopic (exact) mass is 376 g/mol. The van der Waals surface area contributed by atoms with Gasteiger partial charge in [-0.15, -0.1) is 0 Å². The van der Waals surface area contributed by atoms with E-state index in [0.717, 1.165) is 48.9 Å². The van der Waals surface area contributed by atoms with Gasteiger partial charge in [0, 0.05) is 56.6 Å². The van der Waals surface area contributed by atoms with E-state index in [1.807, 2.05) is 54.2 Å². The van der Waals surface area contributed by atoms with E-state index < -0.39 is 0 Å². The van der Waals surface area contributed by atoms with Crippen molar-refractivity contribution in [2.45, 2.75) is 19.5 Å². The minimum atomic E-state index is 0.586. The molecule has 0 amide bonds. The smallest absolute Gasteiger partial charge is 0.127 e. The molecule has 1 fully saturated rings. The van der Waals surface area contributed by atoms with Crippen molar-refractivity contribution >= 4 is 0 Å². The van der Waals surface area contributed by atoms with E-state index in [1.165, 1.54) is 5.56 Å². The second kappa shape index (κ2) is 8.17. The van der Waals surface area contributed by atoms with Crippen molar-refractivity contribution in [3.8, 4) is 22.8 Å². The van der Waals surface area contributed by atoms with E-state index in [9.17, 15) is 0 Å². The van der Waals surface area contributed by atoms with Crippen LogP contribution in [0.1, 0.15) is 12.5 Å². The lowest BCUT2D eigenvalue weighted by Crippen LogP contribution is -2.49. The molecule has 1 atom stereocenters. The maximum absolute atomic E-state index is 5.91. The summed E-state index contributed by atoms with van der Waals surface area (Å²) in [6.07, 6.45) is 2.15. The largest absolute Gasteiger partial charge is 0.457 e. The summed E-state index contributed by atoms with van der Waals surface area (Å²) >= 11 is 0. The number of aromatic nitrogens is 2. The summed E-state index contributed by atoms with van der Waals surface area (Å²) in [5, 5.41) is 4.73.